The fourth-order valence-electron chi connectivity index (χ4n) is 4.08. The van der Waals surface area contributed by atoms with Crippen LogP contribution in [0.1, 0.15) is 0 Å². The minimum Gasteiger partial charge on any atom is -0.421 e. The number of halogens is 1. The van der Waals surface area contributed by atoms with Gasteiger partial charge in [0.15, 0.2) is 0 Å². The molecule has 1 aromatic carbocycles. The molecular weight excluding hydrogens is 335 g/mol. The highest BCUT2D eigenvalue weighted by Crippen LogP contribution is 2.49. The molecule has 9 heteroatoms. The summed E-state index contributed by atoms with van der Waals surface area (Å²) in [4.78, 5) is 26.9. The Kier molecular flexibility index (Phi) is 2.72. The maximum atomic E-state index is 14.8. The summed E-state index contributed by atoms with van der Waals surface area (Å²) in [5.41, 5.74) is 5.18. The van der Waals surface area contributed by atoms with Crippen molar-refractivity contribution in [2.45, 2.75) is 17.5 Å². The summed E-state index contributed by atoms with van der Waals surface area (Å²) < 4.78 is 16.2. The van der Waals surface area contributed by atoms with Gasteiger partial charge in [-0.3, -0.25) is 9.36 Å². The monoisotopic (exact) mass is 350 g/mol. The number of rotatable bonds is 1. The summed E-state index contributed by atoms with van der Waals surface area (Å²) in [5, 5.41) is 9.72. The first-order chi connectivity index (χ1) is 11.5. The third-order valence-electron chi connectivity index (χ3n) is 5.43. The van der Waals surface area contributed by atoms with Gasteiger partial charge in [-0.2, -0.15) is 0 Å². The number of aryl methyl sites for hydroxylation is 1. The van der Waals surface area contributed by atoms with Gasteiger partial charge in [-0.1, -0.05) is 4.73 Å². The van der Waals surface area contributed by atoms with Crippen LogP contribution in [0.25, 0.3) is 10.9 Å². The first kappa shape index (κ1) is 14.4. The van der Waals surface area contributed by atoms with Crippen LogP contribution in [0.15, 0.2) is 20.6 Å². The fourth-order valence-corrected chi connectivity index (χ4v) is 5.28. The molecule has 2 fully saturated rings. The predicted octanol–water partition coefficient (Wildman–Crippen LogP) is 0.0386. The number of hydrogen-bond acceptors (Lipinski definition) is 6. The van der Waals surface area contributed by atoms with Crippen LogP contribution < -0.4 is 21.9 Å². The number of hydrogen-bond donors (Lipinski definition) is 2. The molecule has 3 heterocycles. The van der Waals surface area contributed by atoms with Gasteiger partial charge < -0.3 is 15.8 Å². The van der Waals surface area contributed by atoms with E-state index < -0.39 is 17.1 Å². The van der Waals surface area contributed by atoms with Crippen molar-refractivity contribution >= 4 is 28.4 Å². The molecule has 0 amide bonds. The molecule has 2 aromatic rings. The lowest BCUT2D eigenvalue weighted by molar-refractivity contribution is 0.157. The summed E-state index contributed by atoms with van der Waals surface area (Å²) >= 11 is 1.45. The van der Waals surface area contributed by atoms with Crippen molar-refractivity contribution in [2.75, 3.05) is 23.7 Å². The van der Waals surface area contributed by atoms with E-state index in [0.717, 1.165) is 6.07 Å². The van der Waals surface area contributed by atoms with E-state index in [0.29, 0.717) is 53.3 Å². The molecule has 3 atom stereocenters. The Morgan fingerprint density at radius 2 is 2.00 bits per heavy atom. The zero-order valence-electron chi connectivity index (χ0n) is 12.6. The molecule has 0 radical (unpaired) electrons. The predicted molar refractivity (Wildman–Crippen MR) is 87.5 cm³/mol. The van der Waals surface area contributed by atoms with Gasteiger partial charge in [0, 0.05) is 31.4 Å². The normalized spacial score (nSPS) is 27.6. The molecule has 0 unspecified atom stereocenters. The van der Waals surface area contributed by atoms with Crippen LogP contribution in [0.3, 0.4) is 0 Å². The van der Waals surface area contributed by atoms with E-state index in [4.69, 9.17) is 5.73 Å². The van der Waals surface area contributed by atoms with Gasteiger partial charge in [0.1, 0.15) is 5.82 Å². The van der Waals surface area contributed by atoms with E-state index in [2.05, 4.69) is 0 Å². The molecule has 1 aliphatic carbocycles. The second kappa shape index (κ2) is 4.54. The minimum atomic E-state index is -0.883. The second-order valence-corrected chi connectivity index (χ2v) is 7.75. The quantitative estimate of drug-likeness (QED) is 0.706. The van der Waals surface area contributed by atoms with Gasteiger partial charge in [-0.05, 0) is 17.9 Å². The van der Waals surface area contributed by atoms with Gasteiger partial charge >= 0.3 is 5.69 Å². The molecule has 7 nitrogen and oxygen atoms in total. The number of piperidine rings is 1. The minimum absolute atomic E-state index is 0.0293. The number of aromatic nitrogens is 2. The van der Waals surface area contributed by atoms with Crippen LogP contribution in [0.5, 0.6) is 0 Å². The average Bonchev–Trinajstić information content (AvgIpc) is 2.97. The highest BCUT2D eigenvalue weighted by molar-refractivity contribution is 7.99. The van der Waals surface area contributed by atoms with Gasteiger partial charge in [-0.15, -0.1) is 11.8 Å². The van der Waals surface area contributed by atoms with Gasteiger partial charge in [-0.25, -0.2) is 9.18 Å². The average molecular weight is 350 g/mol. The molecule has 1 saturated heterocycles. The van der Waals surface area contributed by atoms with E-state index in [1.165, 1.54) is 16.3 Å². The summed E-state index contributed by atoms with van der Waals surface area (Å²) in [6, 6.07) is 1.34. The fraction of sp³-hybridized carbons (Fsp3) is 0.467. The maximum absolute atomic E-state index is 14.8. The first-order valence-corrected chi connectivity index (χ1v) is 8.82. The largest absolute Gasteiger partial charge is 0.421 e. The van der Waals surface area contributed by atoms with Crippen molar-refractivity contribution in [1.29, 1.82) is 0 Å². The molecule has 0 spiro atoms. The first-order valence-electron chi connectivity index (χ1n) is 7.83. The summed E-state index contributed by atoms with van der Waals surface area (Å²) in [6.45, 7) is 1.77. The Bertz CT molecular complexity index is 1000. The van der Waals surface area contributed by atoms with E-state index in [1.807, 2.05) is 4.90 Å². The summed E-state index contributed by atoms with van der Waals surface area (Å²) in [6.07, 6.45) is 0. The number of nitrogens with two attached hydrogens (primary N) is 1. The molecule has 0 bridgehead atoms. The molecule has 24 heavy (non-hydrogen) atoms. The molecule has 2 aliphatic heterocycles. The molecule has 3 aliphatic rings. The van der Waals surface area contributed by atoms with Crippen molar-refractivity contribution in [2.24, 2.45) is 17.6 Å². The number of benzene rings is 1. The maximum Gasteiger partial charge on any atom is 0.365 e. The van der Waals surface area contributed by atoms with Gasteiger partial charge in [0.25, 0.3) is 5.56 Å². The van der Waals surface area contributed by atoms with Crippen molar-refractivity contribution in [3.8, 4) is 0 Å². The highest BCUT2D eigenvalue weighted by Gasteiger charge is 2.54. The van der Waals surface area contributed by atoms with E-state index in [-0.39, 0.29) is 16.2 Å². The lowest BCUT2D eigenvalue weighted by Gasteiger charge is -2.28. The van der Waals surface area contributed by atoms with E-state index >= 15 is 0 Å². The van der Waals surface area contributed by atoms with Crippen molar-refractivity contribution in [3.63, 3.8) is 0 Å². The van der Waals surface area contributed by atoms with Crippen molar-refractivity contribution in [1.82, 2.24) is 9.30 Å². The van der Waals surface area contributed by atoms with Gasteiger partial charge in [0.2, 0.25) is 0 Å². The van der Waals surface area contributed by atoms with Gasteiger partial charge in [0.05, 0.1) is 21.5 Å². The van der Waals surface area contributed by atoms with Crippen molar-refractivity contribution < 1.29 is 9.60 Å². The molecular formula is C15H15FN4O3S. The number of thioether (sulfide) groups is 1. The Hall–Kier alpha value is -2.00. The van der Waals surface area contributed by atoms with Crippen LogP contribution >= 0.6 is 11.8 Å². The van der Waals surface area contributed by atoms with Crippen LogP contribution in [0.4, 0.5) is 10.1 Å². The summed E-state index contributed by atoms with van der Waals surface area (Å²) in [7, 11) is 0. The topological polar surface area (TPSA) is 93.5 Å². The van der Waals surface area contributed by atoms with Crippen molar-refractivity contribution in [3.05, 3.63) is 32.7 Å². The highest BCUT2D eigenvalue weighted by atomic mass is 32.2. The van der Waals surface area contributed by atoms with E-state index in [1.54, 1.807) is 0 Å². The molecule has 126 valence electrons. The van der Waals surface area contributed by atoms with Crippen LogP contribution in [-0.4, -0.2) is 39.4 Å². The lowest BCUT2D eigenvalue weighted by atomic mass is 10.1. The molecule has 5 rings (SSSR count). The Morgan fingerprint density at radius 3 is 2.71 bits per heavy atom. The lowest BCUT2D eigenvalue weighted by Crippen LogP contribution is -2.40. The van der Waals surface area contributed by atoms with E-state index in [9.17, 15) is 19.2 Å². The van der Waals surface area contributed by atoms with Crippen LogP contribution in [0, 0.1) is 17.7 Å². The smallest absolute Gasteiger partial charge is 0.365 e. The SMILES string of the molecule is N[C@@H]1[C@H]2CN(c3c(F)cc4c(=O)n(O)c(=O)n5c4c3SCC5)C[C@@H]12. The Balaban J connectivity index is 1.80. The molecule has 1 aromatic heterocycles. The molecule has 1 saturated carbocycles. The number of nitrogens with zero attached hydrogens (tertiary/aromatic N) is 3. The van der Waals surface area contributed by atoms with Crippen LogP contribution in [-0.2, 0) is 6.54 Å². The second-order valence-electron chi connectivity index (χ2n) is 6.64. The zero-order chi connectivity index (χ0) is 16.7. The Morgan fingerprint density at radius 1 is 1.29 bits per heavy atom. The third-order valence-corrected chi connectivity index (χ3v) is 6.49. The standard InChI is InChI=1S/C15H15FN4O3S/c16-9-3-6-11-13(12(9)18-4-7-8(5-18)10(7)17)24-2-1-19(11)15(22)20(23)14(6)21/h3,7-8,10,23H,1-2,4-5,17H2/t7-,8+,10+. The third kappa shape index (κ3) is 1.66. The molecule has 3 N–H and O–H groups in total. The Labute approximate surface area is 139 Å². The number of anilines is 1. The summed E-state index contributed by atoms with van der Waals surface area (Å²) in [5.74, 6) is 0.878. The number of fused-ring (bicyclic) bond motifs is 1. The zero-order valence-corrected chi connectivity index (χ0v) is 13.4. The van der Waals surface area contributed by atoms with Crippen LogP contribution in [0.2, 0.25) is 0 Å².